The summed E-state index contributed by atoms with van der Waals surface area (Å²) >= 11 is 5.83. The maximum atomic E-state index is 12.6. The second-order valence-electron chi connectivity index (χ2n) is 6.89. The molecule has 158 valence electrons. The monoisotopic (exact) mass is 431 g/mol. The van der Waals surface area contributed by atoms with Crippen LogP contribution in [0, 0.1) is 5.92 Å². The fraction of sp³-hybridized carbons (Fsp3) is 0.318. The molecule has 0 spiro atoms. The van der Waals surface area contributed by atoms with Crippen LogP contribution in [0.1, 0.15) is 23.7 Å². The number of anilines is 1. The van der Waals surface area contributed by atoms with Gasteiger partial charge in [-0.15, -0.1) is 0 Å². The average molecular weight is 432 g/mol. The lowest BCUT2D eigenvalue weighted by Gasteiger charge is -2.20. The Bertz CT molecular complexity index is 959. The molecule has 7 nitrogen and oxygen atoms in total. The number of esters is 1. The van der Waals surface area contributed by atoms with Gasteiger partial charge in [-0.3, -0.25) is 14.4 Å². The number of nitrogens with zero attached hydrogens (tertiary/aromatic N) is 1. The molecule has 0 aromatic heterocycles. The molecule has 8 heteroatoms. The number of ketones is 1. The number of benzene rings is 2. The number of hydrogen-bond donors (Lipinski definition) is 0. The van der Waals surface area contributed by atoms with Crippen molar-refractivity contribution >= 4 is 34.9 Å². The van der Waals surface area contributed by atoms with E-state index in [1.165, 1.54) is 26.0 Å². The van der Waals surface area contributed by atoms with Gasteiger partial charge >= 0.3 is 5.97 Å². The molecule has 1 aliphatic heterocycles. The molecule has 1 heterocycles. The van der Waals surface area contributed by atoms with Gasteiger partial charge in [-0.25, -0.2) is 0 Å². The van der Waals surface area contributed by atoms with Crippen molar-refractivity contribution in [3.8, 4) is 11.5 Å². The number of rotatable bonds is 7. The molecule has 0 radical (unpaired) electrons. The highest BCUT2D eigenvalue weighted by Crippen LogP contribution is 2.36. The normalized spacial score (nSPS) is 16.9. The van der Waals surface area contributed by atoms with Gasteiger partial charge in [0.1, 0.15) is 11.5 Å². The molecule has 3 rings (SSSR count). The topological polar surface area (TPSA) is 82.1 Å². The maximum absolute atomic E-state index is 12.6. The summed E-state index contributed by atoms with van der Waals surface area (Å²) in [5.74, 6) is -0.774. The summed E-state index contributed by atoms with van der Waals surface area (Å²) in [7, 11) is 3.03. The Morgan fingerprint density at radius 3 is 2.43 bits per heavy atom. The summed E-state index contributed by atoms with van der Waals surface area (Å²) < 4.78 is 15.9. The first-order chi connectivity index (χ1) is 14.3. The number of halogens is 1. The Morgan fingerprint density at radius 1 is 1.10 bits per heavy atom. The minimum atomic E-state index is -0.974. The van der Waals surface area contributed by atoms with Crippen molar-refractivity contribution in [2.24, 2.45) is 5.92 Å². The second kappa shape index (κ2) is 9.17. The van der Waals surface area contributed by atoms with Gasteiger partial charge < -0.3 is 19.1 Å². The van der Waals surface area contributed by atoms with Crippen molar-refractivity contribution < 1.29 is 28.6 Å². The molecule has 1 fully saturated rings. The number of Topliss-reactive ketones (excluding diaryl/α,β-unsaturated/α-hetero) is 1. The van der Waals surface area contributed by atoms with Gasteiger partial charge in [-0.2, -0.15) is 0 Å². The van der Waals surface area contributed by atoms with Crippen LogP contribution in [0.5, 0.6) is 11.5 Å². The third-order valence-electron chi connectivity index (χ3n) is 4.93. The van der Waals surface area contributed by atoms with Crippen LogP contribution < -0.4 is 14.4 Å². The number of ether oxygens (including phenoxy) is 3. The van der Waals surface area contributed by atoms with E-state index in [1.54, 1.807) is 42.5 Å². The molecule has 0 unspecified atom stereocenters. The molecule has 2 aromatic rings. The van der Waals surface area contributed by atoms with Gasteiger partial charge in [0.15, 0.2) is 6.10 Å². The summed E-state index contributed by atoms with van der Waals surface area (Å²) in [4.78, 5) is 39.1. The van der Waals surface area contributed by atoms with E-state index in [0.29, 0.717) is 27.8 Å². The molecule has 1 amide bonds. The first kappa shape index (κ1) is 21.6. The molecule has 1 aliphatic rings. The number of amides is 1. The Kier molecular flexibility index (Phi) is 6.62. The molecule has 2 atom stereocenters. The van der Waals surface area contributed by atoms with E-state index >= 15 is 0 Å². The summed E-state index contributed by atoms with van der Waals surface area (Å²) in [6, 6.07) is 11.4. The quantitative estimate of drug-likeness (QED) is 0.492. The highest BCUT2D eigenvalue weighted by atomic mass is 35.5. The van der Waals surface area contributed by atoms with E-state index < -0.39 is 18.0 Å². The second-order valence-corrected chi connectivity index (χ2v) is 7.33. The van der Waals surface area contributed by atoms with E-state index in [-0.39, 0.29) is 24.7 Å². The Balaban J connectivity index is 1.68. The fourth-order valence-corrected chi connectivity index (χ4v) is 3.41. The van der Waals surface area contributed by atoms with Crippen LogP contribution in [0.15, 0.2) is 42.5 Å². The highest BCUT2D eigenvalue weighted by Gasteiger charge is 2.38. The third-order valence-corrected chi connectivity index (χ3v) is 5.18. The van der Waals surface area contributed by atoms with Gasteiger partial charge in [0.25, 0.3) is 0 Å². The summed E-state index contributed by atoms with van der Waals surface area (Å²) in [6.07, 6.45) is -0.978. The van der Waals surface area contributed by atoms with Crippen molar-refractivity contribution in [2.45, 2.75) is 19.4 Å². The Hall–Kier alpha value is -3.06. The Morgan fingerprint density at radius 2 is 1.80 bits per heavy atom. The van der Waals surface area contributed by atoms with Gasteiger partial charge in [0, 0.05) is 29.6 Å². The van der Waals surface area contributed by atoms with Gasteiger partial charge in [0.2, 0.25) is 11.7 Å². The summed E-state index contributed by atoms with van der Waals surface area (Å²) in [6.45, 7) is 1.65. The molecule has 0 aliphatic carbocycles. The first-order valence-corrected chi connectivity index (χ1v) is 9.74. The molecule has 1 saturated heterocycles. The van der Waals surface area contributed by atoms with Crippen molar-refractivity contribution in [1.29, 1.82) is 0 Å². The van der Waals surface area contributed by atoms with Crippen LogP contribution in [0.4, 0.5) is 5.69 Å². The van der Waals surface area contributed by atoms with Crippen LogP contribution in [0.25, 0.3) is 0 Å². The van der Waals surface area contributed by atoms with E-state index in [1.807, 2.05) is 0 Å². The zero-order valence-electron chi connectivity index (χ0n) is 16.9. The molecule has 30 heavy (non-hydrogen) atoms. The standard InChI is InChI=1S/C22H22ClNO6/c1-13(21(26)14-4-6-16(23)7-5-14)30-22(27)15-10-20(25)24(12-15)18-9-8-17(28-2)11-19(18)29-3/h4-9,11,13,15H,10,12H2,1-3H3/t13-,15-/m1/s1. The van der Waals surface area contributed by atoms with Crippen LogP contribution in [-0.2, 0) is 14.3 Å². The smallest absolute Gasteiger partial charge is 0.312 e. The van der Waals surface area contributed by atoms with E-state index in [0.717, 1.165) is 0 Å². The minimum Gasteiger partial charge on any atom is -0.497 e. The SMILES string of the molecule is COc1ccc(N2C[C@H](C(=O)O[C@H](C)C(=O)c3ccc(Cl)cc3)CC2=O)c(OC)c1. The van der Waals surface area contributed by atoms with E-state index in [2.05, 4.69) is 0 Å². The number of hydrogen-bond acceptors (Lipinski definition) is 6. The van der Waals surface area contributed by atoms with E-state index in [4.69, 9.17) is 25.8 Å². The van der Waals surface area contributed by atoms with Crippen LogP contribution in [0.2, 0.25) is 5.02 Å². The average Bonchev–Trinajstić information content (AvgIpc) is 3.14. The van der Waals surface area contributed by atoms with Gasteiger partial charge in [0.05, 0.1) is 25.8 Å². The van der Waals surface area contributed by atoms with Crippen molar-refractivity contribution in [2.75, 3.05) is 25.7 Å². The van der Waals surface area contributed by atoms with Gasteiger partial charge in [-0.05, 0) is 43.3 Å². The van der Waals surface area contributed by atoms with Crippen molar-refractivity contribution in [3.63, 3.8) is 0 Å². The number of methoxy groups -OCH3 is 2. The molecule has 0 saturated carbocycles. The number of carbonyl (C=O) groups excluding carboxylic acids is 3. The third kappa shape index (κ3) is 4.57. The lowest BCUT2D eigenvalue weighted by atomic mass is 10.1. The lowest BCUT2D eigenvalue weighted by molar-refractivity contribution is -0.151. The fourth-order valence-electron chi connectivity index (χ4n) is 3.28. The molecule has 2 aromatic carbocycles. The highest BCUT2D eigenvalue weighted by molar-refractivity contribution is 6.30. The van der Waals surface area contributed by atoms with Crippen LogP contribution >= 0.6 is 11.6 Å². The minimum absolute atomic E-state index is 0.00410. The first-order valence-electron chi connectivity index (χ1n) is 9.36. The summed E-state index contributed by atoms with van der Waals surface area (Å²) in [5.41, 5.74) is 0.940. The zero-order valence-corrected chi connectivity index (χ0v) is 17.6. The predicted octanol–water partition coefficient (Wildman–Crippen LogP) is 3.52. The van der Waals surface area contributed by atoms with Crippen molar-refractivity contribution in [3.05, 3.63) is 53.1 Å². The molecular weight excluding hydrogens is 410 g/mol. The lowest BCUT2D eigenvalue weighted by Crippen LogP contribution is -2.30. The zero-order chi connectivity index (χ0) is 21.8. The maximum Gasteiger partial charge on any atom is 0.312 e. The van der Waals surface area contributed by atoms with Gasteiger partial charge in [-0.1, -0.05) is 11.6 Å². The molecular formula is C22H22ClNO6. The Labute approximate surface area is 179 Å². The van der Waals surface area contributed by atoms with Crippen molar-refractivity contribution in [1.82, 2.24) is 0 Å². The van der Waals surface area contributed by atoms with Crippen LogP contribution in [0.3, 0.4) is 0 Å². The largest absolute Gasteiger partial charge is 0.497 e. The molecule has 0 N–H and O–H groups in total. The predicted molar refractivity (Wildman–Crippen MR) is 111 cm³/mol. The van der Waals surface area contributed by atoms with E-state index in [9.17, 15) is 14.4 Å². The van der Waals surface area contributed by atoms with Crippen LogP contribution in [-0.4, -0.2) is 44.5 Å². The molecule has 0 bridgehead atoms. The summed E-state index contributed by atoms with van der Waals surface area (Å²) in [5, 5.41) is 0.509. The number of carbonyl (C=O) groups is 3.